The first-order valence-corrected chi connectivity index (χ1v) is 7.99. The van der Waals surface area contributed by atoms with E-state index < -0.39 is 5.97 Å². The Morgan fingerprint density at radius 1 is 1.12 bits per heavy atom. The van der Waals surface area contributed by atoms with Crippen molar-refractivity contribution in [2.24, 2.45) is 0 Å². The van der Waals surface area contributed by atoms with Gasteiger partial charge in [-0.05, 0) is 29.7 Å². The van der Waals surface area contributed by atoms with Crippen molar-refractivity contribution in [3.05, 3.63) is 64.7 Å². The summed E-state index contributed by atoms with van der Waals surface area (Å²) in [6.07, 6.45) is 0.678. The van der Waals surface area contributed by atoms with E-state index >= 15 is 0 Å². The fraction of sp³-hybridized carbons (Fsp3) is 0.263. The van der Waals surface area contributed by atoms with E-state index in [1.165, 1.54) is 0 Å². The SMILES string of the molecule is O=C(O)c1cccc2c1CN(C(=O)C1COc3ccccc31)CC2. The molecule has 1 N–H and O–H groups in total. The van der Waals surface area contributed by atoms with Gasteiger partial charge in [-0.1, -0.05) is 30.3 Å². The molecular weight excluding hydrogens is 306 g/mol. The summed E-state index contributed by atoms with van der Waals surface area (Å²) in [4.78, 5) is 26.2. The van der Waals surface area contributed by atoms with Gasteiger partial charge >= 0.3 is 5.97 Å². The second-order valence-electron chi connectivity index (χ2n) is 6.16. The summed E-state index contributed by atoms with van der Waals surface area (Å²) in [6, 6.07) is 12.9. The predicted molar refractivity (Wildman–Crippen MR) is 87.2 cm³/mol. The number of aromatic carboxylic acids is 1. The lowest BCUT2D eigenvalue weighted by molar-refractivity contribution is -0.134. The van der Waals surface area contributed by atoms with Crippen molar-refractivity contribution in [3.63, 3.8) is 0 Å². The number of hydrogen-bond donors (Lipinski definition) is 1. The number of carbonyl (C=O) groups is 2. The highest BCUT2D eigenvalue weighted by molar-refractivity contribution is 5.91. The number of rotatable bonds is 2. The largest absolute Gasteiger partial charge is 0.492 e. The lowest BCUT2D eigenvalue weighted by Gasteiger charge is -2.31. The van der Waals surface area contributed by atoms with Crippen LogP contribution in [-0.4, -0.2) is 35.0 Å². The van der Waals surface area contributed by atoms with Crippen LogP contribution in [0.15, 0.2) is 42.5 Å². The van der Waals surface area contributed by atoms with Crippen LogP contribution in [-0.2, 0) is 17.8 Å². The summed E-state index contributed by atoms with van der Waals surface area (Å²) in [5.41, 5.74) is 2.96. The Hall–Kier alpha value is -2.82. The maximum Gasteiger partial charge on any atom is 0.336 e. The molecule has 0 aliphatic carbocycles. The van der Waals surface area contributed by atoms with Gasteiger partial charge in [0.2, 0.25) is 5.91 Å². The van der Waals surface area contributed by atoms with Crippen LogP contribution >= 0.6 is 0 Å². The number of carboxylic acids is 1. The van der Waals surface area contributed by atoms with E-state index in [4.69, 9.17) is 4.74 Å². The van der Waals surface area contributed by atoms with Crippen LogP contribution in [0.3, 0.4) is 0 Å². The summed E-state index contributed by atoms with van der Waals surface area (Å²) in [6.45, 7) is 1.30. The summed E-state index contributed by atoms with van der Waals surface area (Å²) in [5.74, 6) is -0.485. The van der Waals surface area contributed by atoms with Crippen LogP contribution in [0.25, 0.3) is 0 Å². The molecule has 24 heavy (non-hydrogen) atoms. The molecule has 0 saturated heterocycles. The molecule has 122 valence electrons. The molecule has 0 saturated carbocycles. The Labute approximate surface area is 139 Å². The maximum absolute atomic E-state index is 13.0. The average molecular weight is 323 g/mol. The molecule has 5 nitrogen and oxygen atoms in total. The number of amides is 1. The lowest BCUT2D eigenvalue weighted by Crippen LogP contribution is -2.40. The van der Waals surface area contributed by atoms with E-state index in [-0.39, 0.29) is 17.4 Å². The van der Waals surface area contributed by atoms with Gasteiger partial charge in [-0.2, -0.15) is 0 Å². The average Bonchev–Trinajstić information content (AvgIpc) is 3.04. The second-order valence-corrected chi connectivity index (χ2v) is 6.16. The minimum absolute atomic E-state index is 0.00536. The van der Waals surface area contributed by atoms with Gasteiger partial charge in [0.1, 0.15) is 18.3 Å². The standard InChI is InChI=1S/C19H17NO4/c21-18(16-11-24-17-7-2-1-5-13(16)17)20-9-8-12-4-3-6-14(19(22)23)15(12)10-20/h1-7,16H,8-11H2,(H,22,23). The normalized spacial score (nSPS) is 18.5. The maximum atomic E-state index is 13.0. The third-order valence-corrected chi connectivity index (χ3v) is 4.81. The van der Waals surface area contributed by atoms with Gasteiger partial charge < -0.3 is 14.7 Å². The molecule has 2 aliphatic heterocycles. The fourth-order valence-electron chi connectivity index (χ4n) is 3.56. The number of nitrogens with zero attached hydrogens (tertiary/aromatic N) is 1. The van der Waals surface area contributed by atoms with Crippen molar-refractivity contribution < 1.29 is 19.4 Å². The van der Waals surface area contributed by atoms with Crippen molar-refractivity contribution in [1.29, 1.82) is 0 Å². The number of fused-ring (bicyclic) bond motifs is 2. The molecule has 1 atom stereocenters. The zero-order valence-corrected chi connectivity index (χ0v) is 13.1. The highest BCUT2D eigenvalue weighted by Gasteiger charge is 2.35. The quantitative estimate of drug-likeness (QED) is 0.922. The Balaban J connectivity index is 1.61. The molecule has 4 rings (SSSR count). The van der Waals surface area contributed by atoms with Gasteiger partial charge in [0.25, 0.3) is 0 Å². The van der Waals surface area contributed by atoms with Gasteiger partial charge in [0, 0.05) is 18.7 Å². The molecule has 2 heterocycles. The molecule has 2 aliphatic rings. The van der Waals surface area contributed by atoms with Crippen molar-refractivity contribution >= 4 is 11.9 Å². The number of carbonyl (C=O) groups excluding carboxylic acids is 1. The van der Waals surface area contributed by atoms with Crippen LogP contribution in [0.1, 0.15) is 33.0 Å². The zero-order chi connectivity index (χ0) is 16.7. The molecule has 2 aromatic rings. The monoisotopic (exact) mass is 323 g/mol. The van der Waals surface area contributed by atoms with Crippen LogP contribution in [0.5, 0.6) is 5.75 Å². The number of ether oxygens (including phenoxy) is 1. The first-order chi connectivity index (χ1) is 11.6. The van der Waals surface area contributed by atoms with Crippen LogP contribution in [0.4, 0.5) is 0 Å². The van der Waals surface area contributed by atoms with Crippen LogP contribution < -0.4 is 4.74 Å². The highest BCUT2D eigenvalue weighted by atomic mass is 16.5. The van der Waals surface area contributed by atoms with Gasteiger partial charge in [-0.25, -0.2) is 4.79 Å². The molecular formula is C19H17NO4. The summed E-state index contributed by atoms with van der Waals surface area (Å²) in [7, 11) is 0. The zero-order valence-electron chi connectivity index (χ0n) is 13.1. The molecule has 2 aromatic carbocycles. The lowest BCUT2D eigenvalue weighted by atomic mass is 9.93. The van der Waals surface area contributed by atoms with Crippen molar-refractivity contribution in [3.8, 4) is 5.75 Å². The third kappa shape index (κ3) is 2.33. The van der Waals surface area contributed by atoms with Gasteiger partial charge in [-0.15, -0.1) is 0 Å². The van der Waals surface area contributed by atoms with E-state index in [2.05, 4.69) is 0 Å². The second kappa shape index (κ2) is 5.67. The molecule has 1 amide bonds. The summed E-state index contributed by atoms with van der Waals surface area (Å²) >= 11 is 0. The number of para-hydroxylation sites is 1. The van der Waals surface area contributed by atoms with Gasteiger partial charge in [0.15, 0.2) is 0 Å². The fourth-order valence-corrected chi connectivity index (χ4v) is 3.56. The predicted octanol–water partition coefficient (Wildman–Crippen LogP) is 2.45. The topological polar surface area (TPSA) is 66.8 Å². The van der Waals surface area contributed by atoms with E-state index in [9.17, 15) is 14.7 Å². The smallest absolute Gasteiger partial charge is 0.336 e. The van der Waals surface area contributed by atoms with Crippen molar-refractivity contribution in [2.45, 2.75) is 18.9 Å². The summed E-state index contributed by atoms with van der Waals surface area (Å²) in [5, 5.41) is 9.38. The number of hydrogen-bond acceptors (Lipinski definition) is 3. The van der Waals surface area contributed by atoms with E-state index in [1.807, 2.05) is 30.3 Å². The molecule has 0 spiro atoms. The molecule has 1 unspecified atom stereocenters. The minimum Gasteiger partial charge on any atom is -0.492 e. The Kier molecular flexibility index (Phi) is 3.49. The Bertz CT molecular complexity index is 830. The van der Waals surface area contributed by atoms with E-state index in [0.29, 0.717) is 26.1 Å². The van der Waals surface area contributed by atoms with Gasteiger partial charge in [0.05, 0.1) is 5.56 Å². The third-order valence-electron chi connectivity index (χ3n) is 4.81. The number of carboxylic acid groups (broad SMARTS) is 1. The molecule has 0 fully saturated rings. The Morgan fingerprint density at radius 3 is 2.79 bits per heavy atom. The van der Waals surface area contributed by atoms with E-state index in [1.54, 1.807) is 17.0 Å². The van der Waals surface area contributed by atoms with Crippen LogP contribution in [0.2, 0.25) is 0 Å². The Morgan fingerprint density at radius 2 is 1.96 bits per heavy atom. The van der Waals surface area contributed by atoms with E-state index in [0.717, 1.165) is 22.4 Å². The summed E-state index contributed by atoms with van der Waals surface area (Å²) < 4.78 is 5.61. The molecule has 0 aromatic heterocycles. The molecule has 5 heteroatoms. The highest BCUT2D eigenvalue weighted by Crippen LogP contribution is 2.35. The van der Waals surface area contributed by atoms with Crippen LogP contribution in [0, 0.1) is 0 Å². The first-order valence-electron chi connectivity index (χ1n) is 7.99. The first kappa shape index (κ1) is 14.8. The minimum atomic E-state index is -0.948. The molecule has 0 bridgehead atoms. The molecule has 0 radical (unpaired) electrons. The van der Waals surface area contributed by atoms with Crippen molar-refractivity contribution in [1.82, 2.24) is 4.90 Å². The van der Waals surface area contributed by atoms with Crippen molar-refractivity contribution in [2.75, 3.05) is 13.2 Å². The number of benzene rings is 2. The van der Waals surface area contributed by atoms with Gasteiger partial charge in [-0.3, -0.25) is 4.79 Å².